The Labute approximate surface area is 122 Å². The van der Waals surface area contributed by atoms with Crippen LogP contribution >= 0.6 is 0 Å². The quantitative estimate of drug-likeness (QED) is 0.735. The van der Waals surface area contributed by atoms with Crippen molar-refractivity contribution in [3.05, 3.63) is 41.6 Å². The summed E-state index contributed by atoms with van der Waals surface area (Å²) in [7, 11) is 0. The lowest BCUT2D eigenvalue weighted by Crippen LogP contribution is -2.36. The van der Waals surface area contributed by atoms with E-state index in [9.17, 15) is 8.78 Å². The zero-order valence-corrected chi connectivity index (χ0v) is 11.9. The zero-order chi connectivity index (χ0) is 15.2. The first-order chi connectivity index (χ1) is 10.1. The summed E-state index contributed by atoms with van der Waals surface area (Å²) < 4.78 is 25.7. The number of rotatable bonds is 7. The van der Waals surface area contributed by atoms with Gasteiger partial charge in [-0.15, -0.1) is 0 Å². The van der Waals surface area contributed by atoms with E-state index in [0.29, 0.717) is 6.54 Å². The van der Waals surface area contributed by atoms with E-state index >= 15 is 0 Å². The van der Waals surface area contributed by atoms with Crippen molar-refractivity contribution in [2.75, 3.05) is 6.54 Å². The molecule has 0 spiro atoms. The molecular formula is C15H20F2N4. The van der Waals surface area contributed by atoms with Gasteiger partial charge in [0, 0.05) is 12.1 Å². The summed E-state index contributed by atoms with van der Waals surface area (Å²) >= 11 is 0. The summed E-state index contributed by atoms with van der Waals surface area (Å²) in [6, 6.07) is 7.08. The van der Waals surface area contributed by atoms with Crippen LogP contribution in [0, 0.1) is 6.92 Å². The van der Waals surface area contributed by atoms with Crippen molar-refractivity contribution in [3.63, 3.8) is 0 Å². The Hall–Kier alpha value is -1.79. The van der Waals surface area contributed by atoms with Crippen molar-refractivity contribution in [1.82, 2.24) is 15.5 Å². The molecule has 4 N–H and O–H groups in total. The topological polar surface area (TPSA) is 66.7 Å². The number of nitrogens with two attached hydrogens (primary N) is 1. The van der Waals surface area contributed by atoms with Gasteiger partial charge in [-0.25, -0.2) is 8.78 Å². The molecule has 0 amide bonds. The Morgan fingerprint density at radius 3 is 2.62 bits per heavy atom. The van der Waals surface area contributed by atoms with Gasteiger partial charge in [-0.3, -0.25) is 5.10 Å². The molecule has 0 aliphatic heterocycles. The number of aryl methyl sites for hydroxylation is 1. The van der Waals surface area contributed by atoms with E-state index in [-0.39, 0.29) is 13.0 Å². The normalized spacial score (nSPS) is 12.8. The Morgan fingerprint density at radius 2 is 2.00 bits per heavy atom. The van der Waals surface area contributed by atoms with Crippen molar-refractivity contribution in [1.29, 1.82) is 0 Å². The number of alkyl halides is 2. The highest BCUT2D eigenvalue weighted by atomic mass is 19.3. The van der Waals surface area contributed by atoms with E-state index in [1.165, 1.54) is 5.56 Å². The van der Waals surface area contributed by atoms with Crippen LogP contribution in [0.5, 0.6) is 0 Å². The van der Waals surface area contributed by atoms with Crippen molar-refractivity contribution < 1.29 is 8.78 Å². The van der Waals surface area contributed by atoms with Crippen LogP contribution in [-0.2, 0) is 6.54 Å². The number of nitrogens with zero attached hydrogens (tertiary/aromatic N) is 1. The molecule has 2 rings (SSSR count). The fraction of sp³-hybridized carbons (Fsp3) is 0.400. The molecule has 114 valence electrons. The Kier molecular flexibility index (Phi) is 5.41. The van der Waals surface area contributed by atoms with Gasteiger partial charge in [-0.1, -0.05) is 29.8 Å². The van der Waals surface area contributed by atoms with Crippen LogP contribution in [0.1, 0.15) is 17.5 Å². The fourth-order valence-corrected chi connectivity index (χ4v) is 2.15. The van der Waals surface area contributed by atoms with E-state index in [4.69, 9.17) is 5.73 Å². The number of hydrogen-bond donors (Lipinski definition) is 3. The highest BCUT2D eigenvalue weighted by Gasteiger charge is 2.19. The van der Waals surface area contributed by atoms with Gasteiger partial charge in [0.2, 0.25) is 0 Å². The molecule has 0 aliphatic rings. The van der Waals surface area contributed by atoms with Crippen molar-refractivity contribution >= 4 is 0 Å². The summed E-state index contributed by atoms with van der Waals surface area (Å²) in [6.45, 7) is 2.58. The second-order valence-electron chi connectivity index (χ2n) is 5.04. The Bertz CT molecular complexity index is 551. The summed E-state index contributed by atoms with van der Waals surface area (Å²) in [5.74, 6) is 0. The molecule has 2 aromatic rings. The molecule has 0 fully saturated rings. The van der Waals surface area contributed by atoms with Gasteiger partial charge in [0.15, 0.2) is 0 Å². The summed E-state index contributed by atoms with van der Waals surface area (Å²) in [4.78, 5) is 0. The van der Waals surface area contributed by atoms with Crippen LogP contribution in [0.3, 0.4) is 0 Å². The molecule has 0 bridgehead atoms. The molecule has 21 heavy (non-hydrogen) atoms. The zero-order valence-electron chi connectivity index (χ0n) is 11.9. The SMILES string of the molecule is Cc1ccc(-c2[nH]ncc2CNC(CCN)C(F)F)cc1. The maximum atomic E-state index is 12.8. The molecular weight excluding hydrogens is 274 g/mol. The number of aromatic amines is 1. The van der Waals surface area contributed by atoms with Gasteiger partial charge in [0.05, 0.1) is 17.9 Å². The lowest BCUT2D eigenvalue weighted by Gasteiger charge is -2.17. The summed E-state index contributed by atoms with van der Waals surface area (Å²) in [6.07, 6.45) is -0.522. The first kappa shape index (κ1) is 15.6. The number of halogens is 2. The molecule has 6 heteroatoms. The molecule has 0 saturated carbocycles. The second-order valence-corrected chi connectivity index (χ2v) is 5.04. The first-order valence-corrected chi connectivity index (χ1v) is 6.92. The Morgan fingerprint density at radius 1 is 1.29 bits per heavy atom. The molecule has 1 aromatic heterocycles. The van der Waals surface area contributed by atoms with E-state index < -0.39 is 12.5 Å². The van der Waals surface area contributed by atoms with Crippen molar-refractivity contribution in [3.8, 4) is 11.3 Å². The highest BCUT2D eigenvalue weighted by Crippen LogP contribution is 2.21. The molecule has 0 aliphatic carbocycles. The monoisotopic (exact) mass is 294 g/mol. The number of aromatic nitrogens is 2. The maximum Gasteiger partial charge on any atom is 0.253 e. The van der Waals surface area contributed by atoms with E-state index in [1.807, 2.05) is 31.2 Å². The van der Waals surface area contributed by atoms with Crippen molar-refractivity contribution in [2.45, 2.75) is 32.4 Å². The molecule has 0 radical (unpaired) electrons. The average Bonchev–Trinajstić information content (AvgIpc) is 2.92. The molecule has 0 saturated heterocycles. The van der Waals surface area contributed by atoms with Crippen LogP contribution < -0.4 is 11.1 Å². The van der Waals surface area contributed by atoms with E-state index in [0.717, 1.165) is 16.8 Å². The van der Waals surface area contributed by atoms with Crippen molar-refractivity contribution in [2.24, 2.45) is 5.73 Å². The third kappa shape index (κ3) is 4.09. The van der Waals surface area contributed by atoms with Crippen LogP contribution in [0.4, 0.5) is 8.78 Å². The minimum Gasteiger partial charge on any atom is -0.330 e. The number of benzene rings is 1. The van der Waals surface area contributed by atoms with Gasteiger partial charge in [0.1, 0.15) is 0 Å². The third-order valence-electron chi connectivity index (χ3n) is 3.39. The first-order valence-electron chi connectivity index (χ1n) is 6.92. The fourth-order valence-electron chi connectivity index (χ4n) is 2.15. The van der Waals surface area contributed by atoms with E-state index in [2.05, 4.69) is 15.5 Å². The van der Waals surface area contributed by atoms with Gasteiger partial charge in [0.25, 0.3) is 6.43 Å². The lowest BCUT2D eigenvalue weighted by atomic mass is 10.1. The predicted octanol–water partition coefficient (Wildman–Crippen LogP) is 2.46. The lowest BCUT2D eigenvalue weighted by molar-refractivity contribution is 0.0943. The minimum atomic E-state index is -2.43. The average molecular weight is 294 g/mol. The molecule has 1 unspecified atom stereocenters. The summed E-state index contributed by atoms with van der Waals surface area (Å²) in [5, 5.41) is 9.79. The van der Waals surface area contributed by atoms with Gasteiger partial charge in [-0.05, 0) is 25.5 Å². The smallest absolute Gasteiger partial charge is 0.253 e. The third-order valence-corrected chi connectivity index (χ3v) is 3.39. The van der Waals surface area contributed by atoms with Crippen LogP contribution in [-0.4, -0.2) is 29.2 Å². The number of hydrogen-bond acceptors (Lipinski definition) is 3. The molecule has 4 nitrogen and oxygen atoms in total. The van der Waals surface area contributed by atoms with E-state index in [1.54, 1.807) is 6.20 Å². The van der Waals surface area contributed by atoms with Gasteiger partial charge >= 0.3 is 0 Å². The summed E-state index contributed by atoms with van der Waals surface area (Å²) in [5.41, 5.74) is 9.23. The van der Waals surface area contributed by atoms with Crippen LogP contribution in [0.2, 0.25) is 0 Å². The van der Waals surface area contributed by atoms with Gasteiger partial charge in [-0.2, -0.15) is 5.10 Å². The maximum absolute atomic E-state index is 12.8. The second kappa shape index (κ2) is 7.28. The highest BCUT2D eigenvalue weighted by molar-refractivity contribution is 5.62. The molecule has 1 heterocycles. The van der Waals surface area contributed by atoms with Crippen LogP contribution in [0.25, 0.3) is 11.3 Å². The Balaban J connectivity index is 2.08. The minimum absolute atomic E-state index is 0.234. The number of nitrogens with one attached hydrogen (secondary N) is 2. The van der Waals surface area contributed by atoms with Gasteiger partial charge < -0.3 is 11.1 Å². The number of H-pyrrole nitrogens is 1. The predicted molar refractivity (Wildman–Crippen MR) is 79.1 cm³/mol. The molecule has 1 aromatic carbocycles. The molecule has 1 atom stereocenters. The standard InChI is InChI=1S/C15H20F2N4/c1-10-2-4-11(5-3-10)14-12(9-20-21-14)8-19-13(6-7-18)15(16)17/h2-5,9,13,15,19H,6-8,18H2,1H3,(H,20,21). The largest absolute Gasteiger partial charge is 0.330 e. The van der Waals surface area contributed by atoms with Crippen LogP contribution in [0.15, 0.2) is 30.5 Å².